The molecule has 4 aromatic rings. The molecule has 1 saturated heterocycles. The molecule has 1 aliphatic heterocycles. The van der Waals surface area contributed by atoms with E-state index >= 15 is 0 Å². The van der Waals surface area contributed by atoms with Gasteiger partial charge in [-0.15, -0.1) is 0 Å². The smallest absolute Gasteiger partial charge is 0.229 e. The molecule has 0 aliphatic carbocycles. The zero-order valence-corrected chi connectivity index (χ0v) is 23.2. The van der Waals surface area contributed by atoms with Crippen molar-refractivity contribution in [2.45, 2.75) is 25.9 Å². The number of pyridine rings is 1. The highest BCUT2D eigenvalue weighted by Crippen LogP contribution is 2.44. The van der Waals surface area contributed by atoms with Crippen LogP contribution in [0.15, 0.2) is 79.1 Å². The minimum absolute atomic E-state index is 0.233. The minimum atomic E-state index is -3.48. The van der Waals surface area contributed by atoms with E-state index in [4.69, 9.17) is 17.0 Å². The molecule has 2 atom stereocenters. The fourth-order valence-electron chi connectivity index (χ4n) is 4.79. The first kappa shape index (κ1) is 25.7. The molecule has 0 saturated carbocycles. The zero-order chi connectivity index (χ0) is 27.0. The number of nitrogens with one attached hydrogen (secondary N) is 2. The van der Waals surface area contributed by atoms with Gasteiger partial charge in [-0.25, -0.2) is 8.42 Å². The first-order valence-electron chi connectivity index (χ1n) is 12.1. The van der Waals surface area contributed by atoms with Crippen molar-refractivity contribution in [2.24, 2.45) is 0 Å². The van der Waals surface area contributed by atoms with E-state index in [0.717, 1.165) is 29.0 Å². The van der Waals surface area contributed by atoms with Crippen molar-refractivity contribution in [3.63, 3.8) is 0 Å². The summed E-state index contributed by atoms with van der Waals surface area (Å²) in [5, 5.41) is 4.01. The van der Waals surface area contributed by atoms with Gasteiger partial charge < -0.3 is 19.5 Å². The molecule has 38 heavy (non-hydrogen) atoms. The maximum atomic E-state index is 11.9. The van der Waals surface area contributed by atoms with Crippen molar-refractivity contribution < 1.29 is 13.2 Å². The number of aromatic nitrogens is 2. The molecule has 196 valence electrons. The summed E-state index contributed by atoms with van der Waals surface area (Å²) in [6.45, 7) is 4.21. The monoisotopic (exact) mass is 547 g/mol. The van der Waals surface area contributed by atoms with Gasteiger partial charge in [0, 0.05) is 35.5 Å². The number of thiocarbonyl (C=S) groups is 1. The highest BCUT2D eigenvalue weighted by atomic mass is 32.2. The van der Waals surface area contributed by atoms with Crippen molar-refractivity contribution in [2.75, 3.05) is 23.0 Å². The van der Waals surface area contributed by atoms with E-state index in [1.54, 1.807) is 18.3 Å². The second-order valence-electron chi connectivity index (χ2n) is 9.33. The number of methoxy groups -OCH3 is 1. The number of sulfonamides is 1. The summed E-state index contributed by atoms with van der Waals surface area (Å²) in [5.74, 6) is 0.389. The summed E-state index contributed by atoms with van der Waals surface area (Å²) in [7, 11) is -1.97. The van der Waals surface area contributed by atoms with Gasteiger partial charge >= 0.3 is 0 Å². The average Bonchev–Trinajstić information content (AvgIpc) is 3.50. The predicted octanol–water partition coefficient (Wildman–Crippen LogP) is 5.05. The van der Waals surface area contributed by atoms with Crippen LogP contribution in [0.4, 0.5) is 11.4 Å². The number of nitrogens with zero attached hydrogens (tertiary/aromatic N) is 3. The zero-order valence-electron chi connectivity index (χ0n) is 21.5. The lowest BCUT2D eigenvalue weighted by molar-refractivity contribution is 0.417. The molecule has 10 heteroatoms. The van der Waals surface area contributed by atoms with Crippen LogP contribution < -0.4 is 19.7 Å². The summed E-state index contributed by atoms with van der Waals surface area (Å²) < 4.78 is 34.0. The molecule has 0 spiro atoms. The predicted molar refractivity (Wildman–Crippen MR) is 155 cm³/mol. The van der Waals surface area contributed by atoms with Gasteiger partial charge in [0.25, 0.3) is 0 Å². The van der Waals surface area contributed by atoms with Gasteiger partial charge in [0.1, 0.15) is 11.8 Å². The Hall–Kier alpha value is -3.89. The largest absolute Gasteiger partial charge is 0.494 e. The first-order chi connectivity index (χ1) is 18.2. The molecule has 2 N–H and O–H groups in total. The molecule has 0 amide bonds. The van der Waals surface area contributed by atoms with Gasteiger partial charge in [-0.05, 0) is 85.7 Å². The molecule has 0 unspecified atom stereocenters. The number of hydrogen-bond acceptors (Lipinski definition) is 5. The summed E-state index contributed by atoms with van der Waals surface area (Å²) in [5.41, 5.74) is 6.48. The van der Waals surface area contributed by atoms with Gasteiger partial charge in [-0.2, -0.15) is 0 Å². The second-order valence-corrected chi connectivity index (χ2v) is 11.5. The van der Waals surface area contributed by atoms with E-state index in [1.165, 1.54) is 18.2 Å². The maximum Gasteiger partial charge on any atom is 0.229 e. The highest BCUT2D eigenvalue weighted by molar-refractivity contribution is 7.92. The number of aryl methyl sites for hydroxylation is 2. The summed E-state index contributed by atoms with van der Waals surface area (Å²) in [4.78, 5) is 6.68. The van der Waals surface area contributed by atoms with E-state index in [-0.39, 0.29) is 12.1 Å². The van der Waals surface area contributed by atoms with Gasteiger partial charge in [0.05, 0.1) is 30.8 Å². The van der Waals surface area contributed by atoms with Crippen molar-refractivity contribution >= 4 is 38.7 Å². The van der Waals surface area contributed by atoms with E-state index < -0.39 is 10.0 Å². The highest BCUT2D eigenvalue weighted by Gasteiger charge is 2.42. The number of ether oxygens (including phenoxy) is 1. The van der Waals surface area contributed by atoms with E-state index in [0.29, 0.717) is 16.5 Å². The number of rotatable bonds is 7. The summed E-state index contributed by atoms with van der Waals surface area (Å²) in [6.07, 6.45) is 4.93. The Morgan fingerprint density at radius 2 is 1.79 bits per heavy atom. The van der Waals surface area contributed by atoms with Crippen LogP contribution in [0.5, 0.6) is 5.75 Å². The SMILES string of the molecule is COc1cc(N2C(=S)N[C@@H](c3ccccn3)[C@@H]2c2cccn2-c2ccc(C)c(C)c2)ccc1NS(C)(=O)=O. The van der Waals surface area contributed by atoms with E-state index in [2.05, 4.69) is 57.7 Å². The Bertz CT molecular complexity index is 1600. The Morgan fingerprint density at radius 3 is 2.47 bits per heavy atom. The molecule has 8 nitrogen and oxygen atoms in total. The van der Waals surface area contributed by atoms with Gasteiger partial charge in [-0.3, -0.25) is 9.71 Å². The van der Waals surface area contributed by atoms with Crippen LogP contribution in [0.25, 0.3) is 5.69 Å². The number of anilines is 2. The van der Waals surface area contributed by atoms with Crippen molar-refractivity contribution in [1.82, 2.24) is 14.9 Å². The van der Waals surface area contributed by atoms with Crippen LogP contribution in [0, 0.1) is 13.8 Å². The van der Waals surface area contributed by atoms with Gasteiger partial charge in [0.15, 0.2) is 5.11 Å². The van der Waals surface area contributed by atoms with E-state index in [9.17, 15) is 8.42 Å². The Morgan fingerprint density at radius 1 is 1.00 bits per heavy atom. The molecule has 1 aliphatic rings. The van der Waals surface area contributed by atoms with Crippen LogP contribution in [0.3, 0.4) is 0 Å². The third-order valence-electron chi connectivity index (χ3n) is 6.71. The first-order valence-corrected chi connectivity index (χ1v) is 14.4. The second kappa shape index (κ2) is 10.1. The molecule has 2 aromatic carbocycles. The van der Waals surface area contributed by atoms with Crippen molar-refractivity contribution in [1.29, 1.82) is 0 Å². The fraction of sp³-hybridized carbons (Fsp3) is 0.214. The van der Waals surface area contributed by atoms with Crippen LogP contribution in [0.1, 0.15) is 34.6 Å². The standard InChI is InChI=1S/C28H29N5O3S2/c1-18-10-11-20(16-19(18)2)32-15-7-9-24(32)27-26(23-8-5-6-14-29-23)30-28(37)33(27)21-12-13-22(25(17-21)36-3)31-38(4,34)35/h5-17,26-27,31H,1-4H3,(H,30,37)/t26-,27-/m0/s1. The lowest BCUT2D eigenvalue weighted by atomic mass is 10.0. The number of benzene rings is 2. The van der Waals surface area contributed by atoms with Crippen LogP contribution in [-0.4, -0.2) is 36.4 Å². The van der Waals surface area contributed by atoms with Crippen LogP contribution in [0.2, 0.25) is 0 Å². The fourth-order valence-corrected chi connectivity index (χ4v) is 5.71. The molecular weight excluding hydrogens is 518 g/mol. The lowest BCUT2D eigenvalue weighted by Crippen LogP contribution is -2.30. The van der Waals surface area contributed by atoms with Crippen molar-refractivity contribution in [3.8, 4) is 11.4 Å². The molecular formula is C28H29N5O3S2. The van der Waals surface area contributed by atoms with Crippen LogP contribution in [-0.2, 0) is 10.0 Å². The maximum absolute atomic E-state index is 11.9. The molecule has 5 rings (SSSR count). The van der Waals surface area contributed by atoms with Crippen LogP contribution >= 0.6 is 12.2 Å². The third kappa shape index (κ3) is 4.97. The van der Waals surface area contributed by atoms with Crippen molar-refractivity contribution in [3.05, 3.63) is 102 Å². The molecule has 2 aromatic heterocycles. The van der Waals surface area contributed by atoms with Gasteiger partial charge in [0.2, 0.25) is 10.0 Å². The minimum Gasteiger partial charge on any atom is -0.494 e. The molecule has 3 heterocycles. The summed E-state index contributed by atoms with van der Waals surface area (Å²) >= 11 is 5.87. The quantitative estimate of drug-likeness (QED) is 0.313. The van der Waals surface area contributed by atoms with Gasteiger partial charge in [-0.1, -0.05) is 12.1 Å². The normalized spacial score (nSPS) is 17.4. The molecule has 0 bridgehead atoms. The third-order valence-corrected chi connectivity index (χ3v) is 7.61. The average molecular weight is 548 g/mol. The number of hydrogen-bond donors (Lipinski definition) is 2. The Labute approximate surface area is 228 Å². The summed E-state index contributed by atoms with van der Waals surface area (Å²) in [6, 6.07) is 21.2. The molecule has 0 radical (unpaired) electrons. The Kier molecular flexibility index (Phi) is 6.85. The Balaban J connectivity index is 1.65. The molecule has 1 fully saturated rings. The van der Waals surface area contributed by atoms with E-state index in [1.807, 2.05) is 41.4 Å². The topological polar surface area (TPSA) is 88.5 Å². The lowest BCUT2D eigenvalue weighted by Gasteiger charge is -2.29.